The molecule has 0 aromatic carbocycles. The van der Waals surface area contributed by atoms with E-state index in [9.17, 15) is 0 Å². The fraction of sp³-hybridized carbons (Fsp3) is 1.00. The molecule has 2 fully saturated rings. The van der Waals surface area contributed by atoms with Gasteiger partial charge in [-0.05, 0) is 44.6 Å². The lowest BCUT2D eigenvalue weighted by Crippen LogP contribution is -2.46. The largest absolute Gasteiger partial charge is 0.297 e. The Bertz CT molecular complexity index is 171. The van der Waals surface area contributed by atoms with Gasteiger partial charge in [-0.25, -0.2) is 0 Å². The highest BCUT2D eigenvalue weighted by molar-refractivity contribution is 6.17. The second-order valence-corrected chi connectivity index (χ2v) is 5.01. The van der Waals surface area contributed by atoms with Crippen LogP contribution in [0.1, 0.15) is 39.0 Å². The molecule has 0 spiro atoms. The van der Waals surface area contributed by atoms with Crippen LogP contribution in [0.3, 0.4) is 0 Å². The van der Waals surface area contributed by atoms with Crippen LogP contribution >= 0.6 is 11.6 Å². The van der Waals surface area contributed by atoms with Gasteiger partial charge >= 0.3 is 0 Å². The first-order chi connectivity index (χ1) is 6.33. The van der Waals surface area contributed by atoms with E-state index >= 15 is 0 Å². The van der Waals surface area contributed by atoms with E-state index in [-0.39, 0.29) is 0 Å². The number of rotatable bonds is 2. The van der Waals surface area contributed by atoms with Crippen molar-refractivity contribution in [2.24, 2.45) is 5.92 Å². The fourth-order valence-electron chi connectivity index (χ4n) is 3.13. The molecule has 0 bridgehead atoms. The summed E-state index contributed by atoms with van der Waals surface area (Å²) in [5, 5.41) is 0. The highest BCUT2D eigenvalue weighted by atomic mass is 35.5. The van der Waals surface area contributed by atoms with Crippen molar-refractivity contribution >= 4 is 11.6 Å². The summed E-state index contributed by atoms with van der Waals surface area (Å²) in [6, 6.07) is 1.70. The van der Waals surface area contributed by atoms with Gasteiger partial charge in [0.1, 0.15) is 0 Å². The SMILES string of the molecule is C[C@@H]1CC[C@@H](CCCl)N2CCC[C@@H]12. The van der Waals surface area contributed by atoms with E-state index in [0.717, 1.165) is 23.9 Å². The number of piperidine rings is 1. The van der Waals surface area contributed by atoms with E-state index < -0.39 is 0 Å². The summed E-state index contributed by atoms with van der Waals surface area (Å²) in [5.74, 6) is 1.76. The molecule has 2 aliphatic heterocycles. The van der Waals surface area contributed by atoms with E-state index in [1.807, 2.05) is 0 Å². The van der Waals surface area contributed by atoms with Gasteiger partial charge in [0.25, 0.3) is 0 Å². The molecule has 0 radical (unpaired) electrons. The van der Waals surface area contributed by atoms with Crippen LogP contribution in [0.25, 0.3) is 0 Å². The molecule has 0 saturated carbocycles. The molecule has 0 unspecified atom stereocenters. The molecule has 0 aromatic heterocycles. The van der Waals surface area contributed by atoms with Crippen LogP contribution in [0.15, 0.2) is 0 Å². The predicted octanol–water partition coefficient (Wildman–Crippen LogP) is 2.88. The molecule has 0 N–H and O–H groups in total. The number of hydrogen-bond donors (Lipinski definition) is 0. The van der Waals surface area contributed by atoms with Crippen LogP contribution in [-0.4, -0.2) is 29.4 Å². The van der Waals surface area contributed by atoms with E-state index in [1.54, 1.807) is 0 Å². The summed E-state index contributed by atoms with van der Waals surface area (Å²) in [7, 11) is 0. The Hall–Kier alpha value is 0.250. The normalized spacial score (nSPS) is 40.6. The van der Waals surface area contributed by atoms with Gasteiger partial charge in [0.05, 0.1) is 0 Å². The van der Waals surface area contributed by atoms with Crippen molar-refractivity contribution < 1.29 is 0 Å². The van der Waals surface area contributed by atoms with Gasteiger partial charge in [-0.3, -0.25) is 4.90 Å². The molecule has 2 heterocycles. The smallest absolute Gasteiger partial charge is 0.0238 e. The van der Waals surface area contributed by atoms with Gasteiger partial charge < -0.3 is 0 Å². The molecule has 0 aromatic rings. The average molecular weight is 202 g/mol. The number of nitrogens with zero attached hydrogens (tertiary/aromatic N) is 1. The summed E-state index contributed by atoms with van der Waals surface area (Å²) in [6.45, 7) is 3.75. The molecule has 76 valence electrons. The highest BCUT2D eigenvalue weighted by Gasteiger charge is 2.37. The summed E-state index contributed by atoms with van der Waals surface area (Å²) in [6.07, 6.45) is 6.84. The van der Waals surface area contributed by atoms with E-state index in [4.69, 9.17) is 11.6 Å². The molecule has 2 aliphatic rings. The number of hydrogen-bond acceptors (Lipinski definition) is 1. The van der Waals surface area contributed by atoms with E-state index in [0.29, 0.717) is 0 Å². The molecule has 13 heavy (non-hydrogen) atoms. The highest BCUT2D eigenvalue weighted by Crippen LogP contribution is 2.35. The van der Waals surface area contributed by atoms with E-state index in [2.05, 4.69) is 11.8 Å². The Balaban J connectivity index is 1.99. The molecule has 1 nitrogen and oxygen atoms in total. The van der Waals surface area contributed by atoms with Crippen LogP contribution in [-0.2, 0) is 0 Å². The molecular weight excluding hydrogens is 182 g/mol. The summed E-state index contributed by atoms with van der Waals surface area (Å²) in [4.78, 5) is 2.73. The maximum atomic E-state index is 5.83. The van der Waals surface area contributed by atoms with Crippen molar-refractivity contribution in [1.82, 2.24) is 4.90 Å². The first kappa shape index (κ1) is 9.79. The zero-order valence-electron chi connectivity index (χ0n) is 8.51. The third kappa shape index (κ3) is 1.87. The first-order valence-corrected chi connectivity index (χ1v) is 6.18. The van der Waals surface area contributed by atoms with Gasteiger partial charge in [-0.2, -0.15) is 0 Å². The van der Waals surface area contributed by atoms with E-state index in [1.165, 1.54) is 38.6 Å². The molecule has 0 amide bonds. The number of alkyl halides is 1. The summed E-state index contributed by atoms with van der Waals surface area (Å²) in [5.41, 5.74) is 0. The van der Waals surface area contributed by atoms with Gasteiger partial charge in [0.2, 0.25) is 0 Å². The van der Waals surface area contributed by atoms with Gasteiger partial charge in [0.15, 0.2) is 0 Å². The maximum Gasteiger partial charge on any atom is 0.0238 e. The molecular formula is C11H20ClN. The van der Waals surface area contributed by atoms with Crippen molar-refractivity contribution in [1.29, 1.82) is 0 Å². The van der Waals surface area contributed by atoms with Gasteiger partial charge in [0, 0.05) is 18.0 Å². The van der Waals surface area contributed by atoms with Crippen LogP contribution in [0.2, 0.25) is 0 Å². The monoisotopic (exact) mass is 201 g/mol. The molecule has 2 saturated heterocycles. The number of fused-ring (bicyclic) bond motifs is 1. The minimum absolute atomic E-state index is 0.807. The zero-order valence-corrected chi connectivity index (χ0v) is 9.26. The summed E-state index contributed by atoms with van der Waals surface area (Å²) >= 11 is 5.83. The van der Waals surface area contributed by atoms with Gasteiger partial charge in [-0.1, -0.05) is 6.92 Å². The van der Waals surface area contributed by atoms with Crippen LogP contribution in [0.5, 0.6) is 0 Å². The molecule has 0 aliphatic carbocycles. The zero-order chi connectivity index (χ0) is 9.26. The Kier molecular flexibility index (Phi) is 3.15. The minimum atomic E-state index is 0.807. The first-order valence-electron chi connectivity index (χ1n) is 5.64. The number of halogens is 1. The second kappa shape index (κ2) is 4.18. The van der Waals surface area contributed by atoms with Crippen LogP contribution in [0.4, 0.5) is 0 Å². The van der Waals surface area contributed by atoms with Crippen molar-refractivity contribution in [3.8, 4) is 0 Å². The maximum absolute atomic E-state index is 5.83. The molecule has 2 heteroatoms. The lowest BCUT2D eigenvalue weighted by Gasteiger charge is -2.41. The third-order valence-corrected chi connectivity index (χ3v) is 4.08. The minimum Gasteiger partial charge on any atom is -0.297 e. The Morgan fingerprint density at radius 2 is 2.15 bits per heavy atom. The molecule has 2 rings (SSSR count). The topological polar surface area (TPSA) is 3.24 Å². The third-order valence-electron chi connectivity index (χ3n) is 3.87. The van der Waals surface area contributed by atoms with Crippen LogP contribution < -0.4 is 0 Å². The van der Waals surface area contributed by atoms with Crippen molar-refractivity contribution in [3.05, 3.63) is 0 Å². The lowest BCUT2D eigenvalue weighted by molar-refractivity contribution is 0.0799. The quantitative estimate of drug-likeness (QED) is 0.622. The standard InChI is InChI=1S/C11H20ClN/c1-9-4-5-10(6-7-12)13-8-2-3-11(9)13/h9-11H,2-8H2,1H3/t9-,10+,11+/m1/s1. The Morgan fingerprint density at radius 3 is 2.92 bits per heavy atom. The Morgan fingerprint density at radius 1 is 1.31 bits per heavy atom. The fourth-order valence-corrected chi connectivity index (χ4v) is 3.38. The van der Waals surface area contributed by atoms with Crippen LogP contribution in [0, 0.1) is 5.92 Å². The predicted molar refractivity (Wildman–Crippen MR) is 57.3 cm³/mol. The van der Waals surface area contributed by atoms with Gasteiger partial charge in [-0.15, -0.1) is 11.6 Å². The Labute approximate surface area is 86.4 Å². The van der Waals surface area contributed by atoms with Crippen molar-refractivity contribution in [2.75, 3.05) is 12.4 Å². The van der Waals surface area contributed by atoms with Crippen molar-refractivity contribution in [3.63, 3.8) is 0 Å². The molecule has 3 atom stereocenters. The van der Waals surface area contributed by atoms with Crippen molar-refractivity contribution in [2.45, 2.75) is 51.1 Å². The lowest BCUT2D eigenvalue weighted by atomic mass is 9.86. The summed E-state index contributed by atoms with van der Waals surface area (Å²) < 4.78 is 0. The second-order valence-electron chi connectivity index (χ2n) is 4.63. The average Bonchev–Trinajstić information content (AvgIpc) is 2.59.